The number of nitrogens with two attached hydrogens (primary N) is 1. The molecule has 1 aliphatic rings. The lowest BCUT2D eigenvalue weighted by Gasteiger charge is -2.38. The van der Waals surface area contributed by atoms with Gasteiger partial charge >= 0.3 is 0 Å². The van der Waals surface area contributed by atoms with Gasteiger partial charge in [0.25, 0.3) is 0 Å². The third kappa shape index (κ3) is 1.24. The van der Waals surface area contributed by atoms with Crippen molar-refractivity contribution in [1.29, 1.82) is 0 Å². The van der Waals surface area contributed by atoms with Crippen molar-refractivity contribution in [3.8, 4) is 0 Å². The molecule has 1 nitrogen and oxygen atoms in total. The van der Waals surface area contributed by atoms with Crippen LogP contribution in [0.15, 0.2) is 9.85 Å². The second-order valence-corrected chi connectivity index (χ2v) is 6.13. The molecular formula is C9H12BrNS. The molecule has 0 atom stereocenters. The van der Waals surface area contributed by atoms with E-state index in [9.17, 15) is 0 Å². The van der Waals surface area contributed by atoms with E-state index in [0.717, 1.165) is 12.8 Å². The summed E-state index contributed by atoms with van der Waals surface area (Å²) in [5.74, 6) is 0. The van der Waals surface area contributed by atoms with Gasteiger partial charge in [-0.25, -0.2) is 0 Å². The average Bonchev–Trinajstić information content (AvgIpc) is 2.25. The summed E-state index contributed by atoms with van der Waals surface area (Å²) >= 11 is 5.35. The van der Waals surface area contributed by atoms with Gasteiger partial charge in [0.1, 0.15) is 0 Å². The summed E-state index contributed by atoms with van der Waals surface area (Å²) in [5, 5.41) is 0. The lowest BCUT2D eigenvalue weighted by Crippen LogP contribution is -2.43. The Labute approximate surface area is 85.1 Å². The maximum absolute atomic E-state index is 6.21. The minimum Gasteiger partial charge on any atom is -0.321 e. The molecule has 1 aromatic rings. The largest absolute Gasteiger partial charge is 0.321 e. The number of hydrogen-bond acceptors (Lipinski definition) is 2. The van der Waals surface area contributed by atoms with Crippen LogP contribution >= 0.6 is 27.3 Å². The van der Waals surface area contributed by atoms with Crippen LogP contribution < -0.4 is 5.73 Å². The van der Waals surface area contributed by atoms with E-state index in [1.54, 1.807) is 11.3 Å². The van der Waals surface area contributed by atoms with Crippen molar-refractivity contribution in [1.82, 2.24) is 0 Å². The van der Waals surface area contributed by atoms with E-state index >= 15 is 0 Å². The minimum atomic E-state index is -0.0103. The predicted octanol–water partition coefficient (Wildman–Crippen LogP) is 3.16. The van der Waals surface area contributed by atoms with Crippen molar-refractivity contribution < 1.29 is 0 Å². The molecule has 12 heavy (non-hydrogen) atoms. The number of hydrogen-bond donors (Lipinski definition) is 1. The molecular weight excluding hydrogens is 234 g/mol. The first-order valence-corrected chi connectivity index (χ1v) is 5.78. The maximum Gasteiger partial charge on any atom is 0.0751 e. The van der Waals surface area contributed by atoms with Gasteiger partial charge in [-0.2, -0.15) is 0 Å². The van der Waals surface area contributed by atoms with Crippen LogP contribution in [0.4, 0.5) is 0 Å². The summed E-state index contributed by atoms with van der Waals surface area (Å²) in [6, 6.07) is 2.22. The second-order valence-electron chi connectivity index (χ2n) is 3.55. The number of thiophene rings is 1. The zero-order valence-corrected chi connectivity index (χ0v) is 9.46. The zero-order valence-electron chi connectivity index (χ0n) is 7.06. The maximum atomic E-state index is 6.21. The van der Waals surface area contributed by atoms with E-state index in [4.69, 9.17) is 5.73 Å². The van der Waals surface area contributed by atoms with E-state index in [1.165, 1.54) is 20.6 Å². The van der Waals surface area contributed by atoms with Crippen molar-refractivity contribution in [2.45, 2.75) is 31.7 Å². The standard InChI is InChI=1S/C9H12BrNS/c1-6-5-7(8(10)12-6)9(11)3-2-4-9/h5H,2-4,11H2,1H3. The topological polar surface area (TPSA) is 26.0 Å². The monoisotopic (exact) mass is 245 g/mol. The van der Waals surface area contributed by atoms with Crippen LogP contribution in [0.1, 0.15) is 29.7 Å². The Morgan fingerprint density at radius 3 is 2.58 bits per heavy atom. The molecule has 0 aromatic carbocycles. The molecule has 0 spiro atoms. The highest BCUT2D eigenvalue weighted by atomic mass is 79.9. The fourth-order valence-electron chi connectivity index (χ4n) is 1.65. The van der Waals surface area contributed by atoms with Crippen LogP contribution in [0.25, 0.3) is 0 Å². The van der Waals surface area contributed by atoms with Gasteiger partial charge in [-0.3, -0.25) is 0 Å². The summed E-state index contributed by atoms with van der Waals surface area (Å²) in [6.45, 7) is 2.13. The predicted molar refractivity (Wildman–Crippen MR) is 56.5 cm³/mol. The van der Waals surface area contributed by atoms with Gasteiger partial charge in [0.15, 0.2) is 0 Å². The Morgan fingerprint density at radius 1 is 1.58 bits per heavy atom. The molecule has 0 unspecified atom stereocenters. The lowest BCUT2D eigenvalue weighted by molar-refractivity contribution is 0.253. The first-order chi connectivity index (χ1) is 5.62. The van der Waals surface area contributed by atoms with Crippen LogP contribution in [-0.4, -0.2) is 0 Å². The fourth-order valence-corrected chi connectivity index (χ4v) is 3.76. The quantitative estimate of drug-likeness (QED) is 0.809. The third-order valence-corrected chi connectivity index (χ3v) is 4.34. The van der Waals surface area contributed by atoms with Gasteiger partial charge in [-0.15, -0.1) is 11.3 Å². The van der Waals surface area contributed by atoms with Gasteiger partial charge in [0, 0.05) is 10.4 Å². The molecule has 0 radical (unpaired) electrons. The SMILES string of the molecule is Cc1cc(C2(N)CCC2)c(Br)s1. The van der Waals surface area contributed by atoms with Gasteiger partial charge in [0.2, 0.25) is 0 Å². The van der Waals surface area contributed by atoms with Crippen LogP contribution in [0.2, 0.25) is 0 Å². The Kier molecular flexibility index (Phi) is 2.05. The van der Waals surface area contributed by atoms with Crippen molar-refractivity contribution in [2.75, 3.05) is 0 Å². The van der Waals surface area contributed by atoms with Crippen molar-refractivity contribution in [3.63, 3.8) is 0 Å². The van der Waals surface area contributed by atoms with E-state index in [2.05, 4.69) is 28.9 Å². The molecule has 0 amide bonds. The van der Waals surface area contributed by atoms with Crippen molar-refractivity contribution in [3.05, 3.63) is 20.3 Å². The van der Waals surface area contributed by atoms with Crippen LogP contribution in [0.5, 0.6) is 0 Å². The van der Waals surface area contributed by atoms with Crippen LogP contribution in [0, 0.1) is 6.92 Å². The summed E-state index contributed by atoms with van der Waals surface area (Å²) < 4.78 is 1.22. The highest BCUT2D eigenvalue weighted by Gasteiger charge is 2.36. The van der Waals surface area contributed by atoms with E-state index in [-0.39, 0.29) is 5.54 Å². The molecule has 1 fully saturated rings. The molecule has 3 heteroatoms. The number of aryl methyl sites for hydroxylation is 1. The van der Waals surface area contributed by atoms with Crippen LogP contribution in [0.3, 0.4) is 0 Å². The Bertz CT molecular complexity index is 301. The Hall–Kier alpha value is 0.140. The van der Waals surface area contributed by atoms with E-state index < -0.39 is 0 Å². The Morgan fingerprint density at radius 2 is 2.25 bits per heavy atom. The average molecular weight is 246 g/mol. The summed E-state index contributed by atoms with van der Waals surface area (Å²) in [7, 11) is 0. The van der Waals surface area contributed by atoms with Gasteiger partial charge in [-0.1, -0.05) is 0 Å². The van der Waals surface area contributed by atoms with Crippen LogP contribution in [-0.2, 0) is 5.54 Å². The molecule has 0 saturated heterocycles. The Balaban J connectivity index is 2.38. The third-order valence-electron chi connectivity index (χ3n) is 2.59. The normalized spacial score (nSPS) is 20.6. The highest BCUT2D eigenvalue weighted by Crippen LogP contribution is 2.44. The first-order valence-electron chi connectivity index (χ1n) is 4.17. The molecule has 1 saturated carbocycles. The molecule has 2 rings (SSSR count). The smallest absolute Gasteiger partial charge is 0.0751 e. The van der Waals surface area contributed by atoms with Crippen molar-refractivity contribution >= 4 is 27.3 Å². The molecule has 0 aliphatic heterocycles. The molecule has 66 valence electrons. The van der Waals surface area contributed by atoms with Crippen molar-refractivity contribution in [2.24, 2.45) is 5.73 Å². The molecule has 1 aliphatic carbocycles. The minimum absolute atomic E-state index is 0.0103. The lowest BCUT2D eigenvalue weighted by atomic mass is 9.74. The van der Waals surface area contributed by atoms with E-state index in [1.807, 2.05) is 0 Å². The molecule has 0 bridgehead atoms. The van der Waals surface area contributed by atoms with Gasteiger partial charge < -0.3 is 5.73 Å². The fraction of sp³-hybridized carbons (Fsp3) is 0.556. The number of halogens is 1. The highest BCUT2D eigenvalue weighted by molar-refractivity contribution is 9.11. The first kappa shape index (κ1) is 8.73. The summed E-state index contributed by atoms with van der Waals surface area (Å²) in [6.07, 6.45) is 3.56. The second kappa shape index (κ2) is 2.82. The van der Waals surface area contributed by atoms with Gasteiger partial charge in [0.05, 0.1) is 3.79 Å². The van der Waals surface area contributed by atoms with Gasteiger partial charge in [-0.05, 0) is 53.7 Å². The molecule has 1 aromatic heterocycles. The van der Waals surface area contributed by atoms with E-state index in [0.29, 0.717) is 0 Å². The zero-order chi connectivity index (χ0) is 8.77. The summed E-state index contributed by atoms with van der Waals surface area (Å²) in [5.41, 5.74) is 7.52. The molecule has 1 heterocycles. The summed E-state index contributed by atoms with van der Waals surface area (Å²) in [4.78, 5) is 1.34. The molecule has 2 N–H and O–H groups in total. The number of rotatable bonds is 1.